The average molecular weight is 398 g/mol. The van der Waals surface area contributed by atoms with E-state index in [-0.39, 0.29) is 5.95 Å². The first-order valence-electron chi connectivity index (χ1n) is 7.95. The first kappa shape index (κ1) is 17.2. The van der Waals surface area contributed by atoms with Crippen LogP contribution in [0.4, 0.5) is 19.9 Å². The minimum Gasteiger partial charge on any atom is -0.345 e. The smallest absolute Gasteiger partial charge is 0.280 e. The monoisotopic (exact) mass is 397 g/mol. The highest BCUT2D eigenvalue weighted by molar-refractivity contribution is 7.22. The standard InChI is InChI=1S/C16H14ClF2N5OS/c17-9-2-1-3-11-13(9)22-16(26-11)24-6-4-23(5-7-24)15-20-10(14(18)19)8-12(25)21-15/h1-3,8,14H,4-7H2,(H,20,21,25). The zero-order valence-corrected chi connectivity index (χ0v) is 15.0. The van der Waals surface area contributed by atoms with Crippen molar-refractivity contribution in [3.8, 4) is 0 Å². The number of benzene rings is 1. The normalized spacial score (nSPS) is 15.2. The molecule has 10 heteroatoms. The Hall–Kier alpha value is -2.26. The number of nitrogens with one attached hydrogen (secondary N) is 1. The highest BCUT2D eigenvalue weighted by Gasteiger charge is 2.23. The lowest BCUT2D eigenvalue weighted by atomic mass is 10.3. The number of hydrogen-bond donors (Lipinski definition) is 1. The van der Waals surface area contributed by atoms with E-state index >= 15 is 0 Å². The van der Waals surface area contributed by atoms with Crippen molar-refractivity contribution >= 4 is 44.2 Å². The maximum Gasteiger partial charge on any atom is 0.280 e. The lowest BCUT2D eigenvalue weighted by Gasteiger charge is -2.34. The summed E-state index contributed by atoms with van der Waals surface area (Å²) in [6, 6.07) is 6.50. The fourth-order valence-corrected chi connectivity index (χ4v) is 4.19. The molecule has 3 aromatic rings. The van der Waals surface area contributed by atoms with E-state index in [1.54, 1.807) is 16.2 Å². The van der Waals surface area contributed by atoms with Gasteiger partial charge in [-0.3, -0.25) is 9.78 Å². The average Bonchev–Trinajstić information content (AvgIpc) is 3.07. The van der Waals surface area contributed by atoms with Crippen LogP contribution in [0.25, 0.3) is 10.2 Å². The number of alkyl halides is 2. The molecule has 0 aliphatic carbocycles. The van der Waals surface area contributed by atoms with Gasteiger partial charge in [0.25, 0.3) is 12.0 Å². The Morgan fingerprint density at radius 3 is 2.58 bits per heavy atom. The first-order chi connectivity index (χ1) is 12.5. The molecule has 1 aliphatic heterocycles. The third-order valence-corrected chi connectivity index (χ3v) is 5.57. The molecule has 1 N–H and O–H groups in total. The van der Waals surface area contributed by atoms with Crippen LogP contribution in [-0.2, 0) is 0 Å². The molecule has 3 heterocycles. The van der Waals surface area contributed by atoms with E-state index in [4.69, 9.17) is 11.6 Å². The van der Waals surface area contributed by atoms with Crippen LogP contribution in [0.1, 0.15) is 12.1 Å². The molecule has 1 aromatic carbocycles. The zero-order chi connectivity index (χ0) is 18.3. The van der Waals surface area contributed by atoms with Crippen LogP contribution in [0, 0.1) is 0 Å². The van der Waals surface area contributed by atoms with Crippen molar-refractivity contribution in [3.63, 3.8) is 0 Å². The number of anilines is 2. The first-order valence-corrected chi connectivity index (χ1v) is 9.15. The lowest BCUT2D eigenvalue weighted by Crippen LogP contribution is -2.47. The second kappa shape index (κ2) is 6.81. The summed E-state index contributed by atoms with van der Waals surface area (Å²) in [6.45, 7) is 2.36. The predicted octanol–water partition coefficient (Wildman–Crippen LogP) is 3.30. The van der Waals surface area contributed by atoms with Gasteiger partial charge in [-0.25, -0.2) is 18.7 Å². The molecule has 0 spiro atoms. The van der Waals surface area contributed by atoms with Crippen LogP contribution < -0.4 is 15.4 Å². The van der Waals surface area contributed by atoms with Crippen LogP contribution in [0.2, 0.25) is 5.02 Å². The van der Waals surface area contributed by atoms with Crippen molar-refractivity contribution in [2.75, 3.05) is 36.0 Å². The maximum atomic E-state index is 12.9. The van der Waals surface area contributed by atoms with Gasteiger partial charge in [-0.05, 0) is 12.1 Å². The van der Waals surface area contributed by atoms with Crippen molar-refractivity contribution < 1.29 is 8.78 Å². The highest BCUT2D eigenvalue weighted by atomic mass is 35.5. The Morgan fingerprint density at radius 2 is 1.88 bits per heavy atom. The van der Waals surface area contributed by atoms with Gasteiger partial charge >= 0.3 is 0 Å². The van der Waals surface area contributed by atoms with E-state index in [0.29, 0.717) is 31.2 Å². The van der Waals surface area contributed by atoms with E-state index in [0.717, 1.165) is 21.4 Å². The molecule has 2 aromatic heterocycles. The molecule has 6 nitrogen and oxygen atoms in total. The third kappa shape index (κ3) is 3.24. The summed E-state index contributed by atoms with van der Waals surface area (Å²) in [7, 11) is 0. The second-order valence-corrected chi connectivity index (χ2v) is 7.27. The minimum absolute atomic E-state index is 0.180. The minimum atomic E-state index is -2.77. The molecule has 26 heavy (non-hydrogen) atoms. The van der Waals surface area contributed by atoms with Crippen LogP contribution in [-0.4, -0.2) is 41.1 Å². The molecule has 0 saturated carbocycles. The number of thiazole rings is 1. The summed E-state index contributed by atoms with van der Waals surface area (Å²) < 4.78 is 26.7. The molecule has 136 valence electrons. The summed E-state index contributed by atoms with van der Waals surface area (Å²) in [5.41, 5.74) is -0.298. The second-order valence-electron chi connectivity index (χ2n) is 5.85. The Balaban J connectivity index is 1.52. The van der Waals surface area contributed by atoms with E-state index < -0.39 is 17.7 Å². The van der Waals surface area contributed by atoms with Crippen molar-refractivity contribution in [2.45, 2.75) is 6.43 Å². The van der Waals surface area contributed by atoms with Gasteiger partial charge in [0, 0.05) is 32.2 Å². The Morgan fingerprint density at radius 1 is 1.15 bits per heavy atom. The van der Waals surface area contributed by atoms with Gasteiger partial charge in [0.05, 0.1) is 9.72 Å². The SMILES string of the molecule is O=c1cc(C(F)F)nc(N2CCN(c3nc4c(Cl)cccc4s3)CC2)[nH]1. The Bertz CT molecular complexity index is 1000. The van der Waals surface area contributed by atoms with Crippen molar-refractivity contribution in [2.24, 2.45) is 0 Å². The molecule has 0 atom stereocenters. The van der Waals surface area contributed by atoms with E-state index in [1.165, 1.54) is 0 Å². The van der Waals surface area contributed by atoms with Gasteiger partial charge in [-0.1, -0.05) is 29.0 Å². The predicted molar refractivity (Wildman–Crippen MR) is 98.9 cm³/mol. The molecule has 0 bridgehead atoms. The molecule has 0 unspecified atom stereocenters. The number of aromatic amines is 1. The molecule has 1 saturated heterocycles. The highest BCUT2D eigenvalue weighted by Crippen LogP contribution is 2.33. The summed E-state index contributed by atoms with van der Waals surface area (Å²) in [6.07, 6.45) is -2.77. The molecule has 0 radical (unpaired) electrons. The van der Waals surface area contributed by atoms with Crippen molar-refractivity contribution in [1.29, 1.82) is 0 Å². The maximum absolute atomic E-state index is 12.9. The Labute approximate surface area is 156 Å². The van der Waals surface area contributed by atoms with E-state index in [9.17, 15) is 13.6 Å². The summed E-state index contributed by atoms with van der Waals surface area (Å²) in [4.78, 5) is 26.5. The summed E-state index contributed by atoms with van der Waals surface area (Å²) in [5, 5.41) is 1.49. The molecule has 1 aliphatic rings. The lowest BCUT2D eigenvalue weighted by molar-refractivity contribution is 0.146. The van der Waals surface area contributed by atoms with E-state index in [2.05, 4.69) is 19.9 Å². The number of rotatable bonds is 3. The van der Waals surface area contributed by atoms with Gasteiger partial charge in [-0.2, -0.15) is 0 Å². The molecular formula is C16H14ClF2N5OS. The van der Waals surface area contributed by atoms with Crippen LogP contribution in [0.15, 0.2) is 29.1 Å². The Kier molecular flexibility index (Phi) is 4.49. The topological polar surface area (TPSA) is 65.1 Å². The van der Waals surface area contributed by atoms with Crippen LogP contribution in [0.5, 0.6) is 0 Å². The largest absolute Gasteiger partial charge is 0.345 e. The molecule has 1 fully saturated rings. The fourth-order valence-electron chi connectivity index (χ4n) is 2.87. The summed E-state index contributed by atoms with van der Waals surface area (Å²) >= 11 is 7.74. The number of aromatic nitrogens is 3. The quantitative estimate of drug-likeness (QED) is 0.734. The fraction of sp³-hybridized carbons (Fsp3) is 0.312. The van der Waals surface area contributed by atoms with E-state index in [1.807, 2.05) is 18.2 Å². The van der Waals surface area contributed by atoms with Gasteiger partial charge < -0.3 is 9.80 Å². The zero-order valence-electron chi connectivity index (χ0n) is 13.5. The number of piperazine rings is 1. The number of nitrogens with zero attached hydrogens (tertiary/aromatic N) is 4. The number of para-hydroxylation sites is 1. The molecule has 4 rings (SSSR count). The van der Waals surface area contributed by atoms with Crippen LogP contribution in [0.3, 0.4) is 0 Å². The number of H-pyrrole nitrogens is 1. The number of fused-ring (bicyclic) bond motifs is 1. The number of hydrogen-bond acceptors (Lipinski definition) is 6. The van der Waals surface area contributed by atoms with Crippen molar-refractivity contribution in [1.82, 2.24) is 15.0 Å². The van der Waals surface area contributed by atoms with Gasteiger partial charge in [0.2, 0.25) is 5.95 Å². The van der Waals surface area contributed by atoms with Gasteiger partial charge in [-0.15, -0.1) is 0 Å². The van der Waals surface area contributed by atoms with Gasteiger partial charge in [0.15, 0.2) is 5.13 Å². The molecular weight excluding hydrogens is 384 g/mol. The number of halogens is 3. The van der Waals surface area contributed by atoms with Crippen LogP contribution >= 0.6 is 22.9 Å². The molecule has 0 amide bonds. The van der Waals surface area contributed by atoms with Gasteiger partial charge in [0.1, 0.15) is 11.2 Å². The third-order valence-electron chi connectivity index (χ3n) is 4.18. The summed E-state index contributed by atoms with van der Waals surface area (Å²) in [5.74, 6) is 0.180. The van der Waals surface area contributed by atoms with Crippen molar-refractivity contribution in [3.05, 3.63) is 45.3 Å².